The Balaban J connectivity index is 1.40. The minimum Gasteiger partial charge on any atom is -0.378 e. The highest BCUT2D eigenvalue weighted by Gasteiger charge is 2.42. The lowest BCUT2D eigenvalue weighted by molar-refractivity contribution is -0.149. The van der Waals surface area contributed by atoms with E-state index in [1.807, 2.05) is 16.9 Å². The van der Waals surface area contributed by atoms with Crippen molar-refractivity contribution in [1.82, 2.24) is 14.7 Å². The summed E-state index contributed by atoms with van der Waals surface area (Å²) in [7, 11) is 0. The first-order valence-corrected chi connectivity index (χ1v) is 8.74. The SMILES string of the molecule is C[C@@H]1CN(Cc2cnn(Cc3ccccc3)c2)C[C@]2(CCOC2)O1. The summed E-state index contributed by atoms with van der Waals surface area (Å²) in [4.78, 5) is 2.48. The van der Waals surface area contributed by atoms with Crippen LogP contribution >= 0.6 is 0 Å². The largest absolute Gasteiger partial charge is 0.378 e. The lowest BCUT2D eigenvalue weighted by Crippen LogP contribution is -2.55. The number of rotatable bonds is 4. The predicted molar refractivity (Wildman–Crippen MR) is 91.8 cm³/mol. The van der Waals surface area contributed by atoms with Crippen molar-refractivity contribution in [3.63, 3.8) is 0 Å². The molecule has 1 aromatic carbocycles. The Labute approximate surface area is 143 Å². The predicted octanol–water partition coefficient (Wildman–Crippen LogP) is 2.31. The van der Waals surface area contributed by atoms with Crippen LogP contribution in [-0.4, -0.2) is 52.7 Å². The van der Waals surface area contributed by atoms with Gasteiger partial charge in [-0.2, -0.15) is 5.10 Å². The normalized spacial score (nSPS) is 27.8. The number of nitrogens with zero attached hydrogens (tertiary/aromatic N) is 3. The summed E-state index contributed by atoms with van der Waals surface area (Å²) in [6.45, 7) is 7.34. The quantitative estimate of drug-likeness (QED) is 0.864. The van der Waals surface area contributed by atoms with Crippen LogP contribution in [0.25, 0.3) is 0 Å². The number of morpholine rings is 1. The zero-order chi connectivity index (χ0) is 16.4. The van der Waals surface area contributed by atoms with E-state index in [0.29, 0.717) is 0 Å². The lowest BCUT2D eigenvalue weighted by atomic mass is 9.99. The van der Waals surface area contributed by atoms with Gasteiger partial charge in [0.1, 0.15) is 5.60 Å². The molecular weight excluding hydrogens is 302 g/mol. The first-order valence-electron chi connectivity index (χ1n) is 8.74. The number of hydrogen-bond acceptors (Lipinski definition) is 4. The Kier molecular flexibility index (Phi) is 4.39. The lowest BCUT2D eigenvalue weighted by Gasteiger charge is -2.42. The van der Waals surface area contributed by atoms with Crippen molar-refractivity contribution in [2.75, 3.05) is 26.3 Å². The first-order chi connectivity index (χ1) is 11.7. The average molecular weight is 327 g/mol. The molecule has 1 spiro atoms. The van der Waals surface area contributed by atoms with Gasteiger partial charge in [0.25, 0.3) is 0 Å². The maximum atomic E-state index is 6.20. The molecule has 4 rings (SSSR count). The van der Waals surface area contributed by atoms with Crippen LogP contribution in [0.15, 0.2) is 42.7 Å². The molecule has 0 amide bonds. The zero-order valence-corrected chi connectivity index (χ0v) is 14.2. The van der Waals surface area contributed by atoms with E-state index in [0.717, 1.165) is 45.8 Å². The Bertz CT molecular complexity index is 664. The van der Waals surface area contributed by atoms with Gasteiger partial charge in [0, 0.05) is 44.4 Å². The summed E-state index contributed by atoms with van der Waals surface area (Å²) in [5.41, 5.74) is 2.43. The van der Waals surface area contributed by atoms with Gasteiger partial charge in [-0.1, -0.05) is 30.3 Å². The Morgan fingerprint density at radius 1 is 1.21 bits per heavy atom. The van der Waals surface area contributed by atoms with Crippen LogP contribution in [0.1, 0.15) is 24.5 Å². The maximum absolute atomic E-state index is 6.20. The molecule has 2 atom stereocenters. The summed E-state index contributed by atoms with van der Waals surface area (Å²) < 4.78 is 13.8. The first kappa shape index (κ1) is 15.8. The third-order valence-corrected chi connectivity index (χ3v) is 4.83. The third kappa shape index (κ3) is 3.53. The topological polar surface area (TPSA) is 39.5 Å². The van der Waals surface area contributed by atoms with Crippen LogP contribution in [0.5, 0.6) is 0 Å². The highest BCUT2D eigenvalue weighted by molar-refractivity contribution is 5.15. The van der Waals surface area contributed by atoms with Crippen LogP contribution < -0.4 is 0 Å². The van der Waals surface area contributed by atoms with E-state index in [1.54, 1.807) is 0 Å². The fourth-order valence-electron chi connectivity index (χ4n) is 3.87. The third-order valence-electron chi connectivity index (χ3n) is 4.83. The van der Waals surface area contributed by atoms with Crippen molar-refractivity contribution in [1.29, 1.82) is 0 Å². The van der Waals surface area contributed by atoms with Crippen molar-refractivity contribution >= 4 is 0 Å². The second-order valence-corrected chi connectivity index (χ2v) is 7.12. The van der Waals surface area contributed by atoms with E-state index in [9.17, 15) is 0 Å². The fraction of sp³-hybridized carbons (Fsp3) is 0.526. The van der Waals surface area contributed by atoms with Crippen LogP contribution in [0.3, 0.4) is 0 Å². The molecule has 1 aromatic heterocycles. The molecule has 2 saturated heterocycles. The van der Waals surface area contributed by atoms with Gasteiger partial charge in [0.15, 0.2) is 0 Å². The molecule has 24 heavy (non-hydrogen) atoms. The molecular formula is C19H25N3O2. The van der Waals surface area contributed by atoms with Crippen LogP contribution in [0, 0.1) is 0 Å². The van der Waals surface area contributed by atoms with Gasteiger partial charge in [-0.25, -0.2) is 0 Å². The summed E-state index contributed by atoms with van der Waals surface area (Å²) in [6.07, 6.45) is 5.40. The van der Waals surface area contributed by atoms with E-state index in [1.165, 1.54) is 11.1 Å². The number of hydrogen-bond donors (Lipinski definition) is 0. The Morgan fingerprint density at radius 2 is 2.08 bits per heavy atom. The van der Waals surface area contributed by atoms with Gasteiger partial charge < -0.3 is 9.47 Å². The molecule has 128 valence electrons. The molecule has 2 aromatic rings. The van der Waals surface area contributed by atoms with Gasteiger partial charge >= 0.3 is 0 Å². The van der Waals surface area contributed by atoms with Crippen molar-refractivity contribution < 1.29 is 9.47 Å². The van der Waals surface area contributed by atoms with Gasteiger partial charge in [-0.05, 0) is 12.5 Å². The van der Waals surface area contributed by atoms with Crippen LogP contribution in [0.2, 0.25) is 0 Å². The summed E-state index contributed by atoms with van der Waals surface area (Å²) in [5.74, 6) is 0. The van der Waals surface area contributed by atoms with Crippen molar-refractivity contribution in [2.45, 2.75) is 38.1 Å². The molecule has 0 N–H and O–H groups in total. The molecule has 3 heterocycles. The van der Waals surface area contributed by atoms with Crippen molar-refractivity contribution in [3.05, 3.63) is 53.9 Å². The molecule has 5 nitrogen and oxygen atoms in total. The molecule has 0 saturated carbocycles. The van der Waals surface area contributed by atoms with Gasteiger partial charge in [0.2, 0.25) is 0 Å². The number of benzene rings is 1. The van der Waals surface area contributed by atoms with Crippen molar-refractivity contribution in [3.8, 4) is 0 Å². The highest BCUT2D eigenvalue weighted by Crippen LogP contribution is 2.30. The maximum Gasteiger partial charge on any atom is 0.107 e. The Morgan fingerprint density at radius 3 is 2.88 bits per heavy atom. The van der Waals surface area contributed by atoms with E-state index in [4.69, 9.17) is 9.47 Å². The molecule has 2 aliphatic rings. The highest BCUT2D eigenvalue weighted by atomic mass is 16.6. The minimum atomic E-state index is -0.0995. The monoisotopic (exact) mass is 327 g/mol. The summed E-state index contributed by atoms with van der Waals surface area (Å²) in [6, 6.07) is 10.4. The molecule has 0 aliphatic carbocycles. The van der Waals surface area contributed by atoms with E-state index in [2.05, 4.69) is 47.4 Å². The average Bonchev–Trinajstić information content (AvgIpc) is 3.18. The van der Waals surface area contributed by atoms with Crippen LogP contribution in [0.4, 0.5) is 0 Å². The smallest absolute Gasteiger partial charge is 0.107 e. The fourth-order valence-corrected chi connectivity index (χ4v) is 3.87. The summed E-state index contributed by atoms with van der Waals surface area (Å²) >= 11 is 0. The van der Waals surface area contributed by atoms with E-state index < -0.39 is 0 Å². The second-order valence-electron chi connectivity index (χ2n) is 7.12. The standard InChI is InChI=1S/C19H25N3O2/c1-16-10-21(14-19(24-16)7-8-23-15-19)11-18-9-20-22(13-18)12-17-5-3-2-4-6-17/h2-6,9,13,16H,7-8,10-12,14-15H2,1H3/t16-,19+/m1/s1. The van der Waals surface area contributed by atoms with Gasteiger partial charge in [-0.3, -0.25) is 9.58 Å². The Hall–Kier alpha value is -1.69. The number of aromatic nitrogens is 2. The number of ether oxygens (including phenoxy) is 2. The molecule has 2 fully saturated rings. The molecule has 5 heteroatoms. The van der Waals surface area contributed by atoms with Gasteiger partial charge in [-0.15, -0.1) is 0 Å². The van der Waals surface area contributed by atoms with Gasteiger partial charge in [0.05, 0.1) is 25.5 Å². The van der Waals surface area contributed by atoms with Crippen molar-refractivity contribution in [2.24, 2.45) is 0 Å². The van der Waals surface area contributed by atoms with E-state index >= 15 is 0 Å². The summed E-state index contributed by atoms with van der Waals surface area (Å²) in [5, 5.41) is 4.52. The van der Waals surface area contributed by atoms with Crippen LogP contribution in [-0.2, 0) is 22.6 Å². The molecule has 0 radical (unpaired) electrons. The minimum absolute atomic E-state index is 0.0995. The second kappa shape index (κ2) is 6.67. The zero-order valence-electron chi connectivity index (χ0n) is 14.2. The molecule has 0 unspecified atom stereocenters. The van der Waals surface area contributed by atoms with E-state index in [-0.39, 0.29) is 11.7 Å². The molecule has 2 aliphatic heterocycles. The molecule has 0 bridgehead atoms.